The van der Waals surface area contributed by atoms with Crippen LogP contribution >= 0.6 is 0 Å². The van der Waals surface area contributed by atoms with Gasteiger partial charge in [0.1, 0.15) is 0 Å². The van der Waals surface area contributed by atoms with E-state index in [1.54, 1.807) is 32.7 Å². The van der Waals surface area contributed by atoms with Crippen LogP contribution in [0.5, 0.6) is 0 Å². The standard InChI is InChI=1S/C13H21FN2O2/c1-9(2)12(14)13(18)15(4)7-11-5-6-16(8-11)10(3)17/h11H,5-8H2,1-4H3/t11-/m1/s1. The second-order valence-corrected chi connectivity index (χ2v) is 5.12. The lowest BCUT2D eigenvalue weighted by Gasteiger charge is -2.21. The van der Waals surface area contributed by atoms with Gasteiger partial charge in [0.15, 0.2) is 5.83 Å². The van der Waals surface area contributed by atoms with Crippen LogP contribution in [0.3, 0.4) is 0 Å². The van der Waals surface area contributed by atoms with Crippen molar-refractivity contribution in [1.29, 1.82) is 0 Å². The smallest absolute Gasteiger partial charge is 0.282 e. The third-order valence-electron chi connectivity index (χ3n) is 3.24. The van der Waals surface area contributed by atoms with Crippen molar-refractivity contribution in [3.05, 3.63) is 11.4 Å². The van der Waals surface area contributed by atoms with Gasteiger partial charge >= 0.3 is 0 Å². The molecule has 18 heavy (non-hydrogen) atoms. The molecule has 0 aromatic heterocycles. The molecule has 5 heteroatoms. The Labute approximate surface area is 107 Å². The quantitative estimate of drug-likeness (QED) is 0.719. The zero-order valence-electron chi connectivity index (χ0n) is 11.5. The summed E-state index contributed by atoms with van der Waals surface area (Å²) in [5.41, 5.74) is 0.392. The summed E-state index contributed by atoms with van der Waals surface area (Å²) >= 11 is 0. The van der Waals surface area contributed by atoms with Crippen molar-refractivity contribution >= 4 is 11.8 Å². The summed E-state index contributed by atoms with van der Waals surface area (Å²) in [5.74, 6) is -0.954. The molecule has 0 spiro atoms. The fourth-order valence-corrected chi connectivity index (χ4v) is 2.12. The van der Waals surface area contributed by atoms with E-state index in [-0.39, 0.29) is 11.8 Å². The Morgan fingerprint density at radius 3 is 2.39 bits per heavy atom. The van der Waals surface area contributed by atoms with E-state index in [1.165, 1.54) is 4.90 Å². The summed E-state index contributed by atoms with van der Waals surface area (Å²) in [6.45, 7) is 6.57. The number of likely N-dealkylation sites (N-methyl/N-ethyl adjacent to an activating group) is 1. The molecule has 1 aliphatic rings. The minimum absolute atomic E-state index is 0.0574. The second kappa shape index (κ2) is 5.98. The number of carbonyl (C=O) groups excluding carboxylic acids is 2. The maximum absolute atomic E-state index is 13.5. The van der Waals surface area contributed by atoms with Gasteiger partial charge in [0.05, 0.1) is 0 Å². The molecule has 102 valence electrons. The van der Waals surface area contributed by atoms with Crippen molar-refractivity contribution < 1.29 is 14.0 Å². The third kappa shape index (κ3) is 3.55. The summed E-state index contributed by atoms with van der Waals surface area (Å²) in [4.78, 5) is 26.1. The average molecular weight is 256 g/mol. The maximum Gasteiger partial charge on any atom is 0.282 e. The van der Waals surface area contributed by atoms with Crippen molar-refractivity contribution in [2.24, 2.45) is 5.92 Å². The van der Waals surface area contributed by atoms with E-state index < -0.39 is 11.7 Å². The average Bonchev–Trinajstić information content (AvgIpc) is 2.75. The molecule has 1 aliphatic heterocycles. The molecule has 1 saturated heterocycles. The van der Waals surface area contributed by atoms with Gasteiger partial charge < -0.3 is 9.80 Å². The Morgan fingerprint density at radius 2 is 1.94 bits per heavy atom. The second-order valence-electron chi connectivity index (χ2n) is 5.12. The number of hydrogen-bond donors (Lipinski definition) is 0. The van der Waals surface area contributed by atoms with Crippen LogP contribution in [0, 0.1) is 5.92 Å². The number of hydrogen-bond acceptors (Lipinski definition) is 2. The highest BCUT2D eigenvalue weighted by Crippen LogP contribution is 2.18. The number of likely N-dealkylation sites (tertiary alicyclic amines) is 1. The van der Waals surface area contributed by atoms with E-state index in [1.807, 2.05) is 0 Å². The highest BCUT2D eigenvalue weighted by Gasteiger charge is 2.27. The predicted molar refractivity (Wildman–Crippen MR) is 67.5 cm³/mol. The minimum Gasteiger partial charge on any atom is -0.343 e. The molecule has 0 aromatic carbocycles. The van der Waals surface area contributed by atoms with Gasteiger partial charge in [0, 0.05) is 33.6 Å². The number of nitrogens with zero attached hydrogens (tertiary/aromatic N) is 2. The lowest BCUT2D eigenvalue weighted by molar-refractivity contribution is -0.128. The van der Waals surface area contributed by atoms with Crippen LogP contribution in [-0.4, -0.2) is 48.3 Å². The van der Waals surface area contributed by atoms with E-state index in [9.17, 15) is 14.0 Å². The highest BCUT2D eigenvalue weighted by atomic mass is 19.1. The van der Waals surface area contributed by atoms with Gasteiger partial charge in [-0.1, -0.05) is 0 Å². The molecule has 0 aliphatic carbocycles. The maximum atomic E-state index is 13.5. The van der Waals surface area contributed by atoms with Crippen molar-refractivity contribution in [1.82, 2.24) is 9.80 Å². The Hall–Kier alpha value is -1.39. The summed E-state index contributed by atoms with van der Waals surface area (Å²) in [7, 11) is 1.60. The largest absolute Gasteiger partial charge is 0.343 e. The Bertz CT molecular complexity index is 375. The molecule has 0 unspecified atom stereocenters. The van der Waals surface area contributed by atoms with Crippen LogP contribution in [0.2, 0.25) is 0 Å². The van der Waals surface area contributed by atoms with Crippen LogP contribution in [-0.2, 0) is 9.59 Å². The van der Waals surface area contributed by atoms with Crippen LogP contribution in [0.4, 0.5) is 4.39 Å². The van der Waals surface area contributed by atoms with Crippen molar-refractivity contribution in [2.45, 2.75) is 27.2 Å². The topological polar surface area (TPSA) is 40.6 Å². The van der Waals surface area contributed by atoms with Gasteiger partial charge in [-0.15, -0.1) is 0 Å². The first-order valence-electron chi connectivity index (χ1n) is 6.17. The molecule has 1 atom stereocenters. The van der Waals surface area contributed by atoms with Crippen LogP contribution in [0.1, 0.15) is 27.2 Å². The molecule has 1 rings (SSSR count). The molecule has 0 radical (unpaired) electrons. The summed E-state index contributed by atoms with van der Waals surface area (Å²) in [6.07, 6.45) is 0.869. The molecule has 0 bridgehead atoms. The van der Waals surface area contributed by atoms with Crippen molar-refractivity contribution in [3.63, 3.8) is 0 Å². The zero-order chi connectivity index (χ0) is 13.9. The van der Waals surface area contributed by atoms with Gasteiger partial charge in [0.25, 0.3) is 5.91 Å². The minimum atomic E-state index is -0.682. The van der Waals surface area contributed by atoms with Crippen LogP contribution in [0.15, 0.2) is 11.4 Å². The van der Waals surface area contributed by atoms with E-state index in [0.29, 0.717) is 18.7 Å². The first kappa shape index (κ1) is 14.7. The SMILES string of the molecule is CC(=O)N1CC[C@H](CN(C)C(=O)C(F)=C(C)C)C1. The molecular weight excluding hydrogens is 235 g/mol. The fourth-order valence-electron chi connectivity index (χ4n) is 2.12. The molecule has 1 fully saturated rings. The lowest BCUT2D eigenvalue weighted by atomic mass is 10.1. The van der Waals surface area contributed by atoms with Gasteiger partial charge in [0.2, 0.25) is 5.91 Å². The fraction of sp³-hybridized carbons (Fsp3) is 0.692. The molecule has 2 amide bonds. The molecule has 1 heterocycles. The number of carbonyl (C=O) groups is 2. The van der Waals surface area contributed by atoms with E-state index in [0.717, 1.165) is 13.0 Å². The number of allylic oxidation sites excluding steroid dienone is 1. The van der Waals surface area contributed by atoms with Crippen LogP contribution in [0.25, 0.3) is 0 Å². The van der Waals surface area contributed by atoms with Crippen molar-refractivity contribution in [2.75, 3.05) is 26.7 Å². The molecular formula is C13H21FN2O2. The summed E-state index contributed by atoms with van der Waals surface area (Å²) < 4.78 is 13.5. The van der Waals surface area contributed by atoms with Gasteiger partial charge in [-0.3, -0.25) is 9.59 Å². The van der Waals surface area contributed by atoms with E-state index in [4.69, 9.17) is 0 Å². The number of amides is 2. The van der Waals surface area contributed by atoms with Gasteiger partial charge in [-0.05, 0) is 31.8 Å². The lowest BCUT2D eigenvalue weighted by Crippen LogP contribution is -2.34. The number of rotatable bonds is 3. The van der Waals surface area contributed by atoms with Crippen molar-refractivity contribution in [3.8, 4) is 0 Å². The van der Waals surface area contributed by atoms with Gasteiger partial charge in [-0.25, -0.2) is 4.39 Å². The summed E-state index contributed by atoms with van der Waals surface area (Å²) in [5, 5.41) is 0. The zero-order valence-corrected chi connectivity index (χ0v) is 11.5. The van der Waals surface area contributed by atoms with E-state index in [2.05, 4.69) is 0 Å². The molecule has 0 saturated carbocycles. The molecule has 0 N–H and O–H groups in total. The van der Waals surface area contributed by atoms with Crippen LogP contribution < -0.4 is 0 Å². The Morgan fingerprint density at radius 1 is 1.33 bits per heavy atom. The first-order chi connectivity index (χ1) is 8.32. The number of halogens is 1. The summed E-state index contributed by atoms with van der Waals surface area (Å²) in [6, 6.07) is 0. The molecule has 0 aromatic rings. The Balaban J connectivity index is 2.52. The van der Waals surface area contributed by atoms with E-state index >= 15 is 0 Å². The third-order valence-corrected chi connectivity index (χ3v) is 3.24. The Kier molecular flexibility index (Phi) is 4.87. The van der Waals surface area contributed by atoms with Gasteiger partial charge in [-0.2, -0.15) is 0 Å². The first-order valence-corrected chi connectivity index (χ1v) is 6.17. The normalized spacial score (nSPS) is 18.7. The monoisotopic (exact) mass is 256 g/mol. The molecule has 4 nitrogen and oxygen atoms in total. The highest BCUT2D eigenvalue weighted by molar-refractivity contribution is 5.91. The predicted octanol–water partition coefficient (Wildman–Crippen LogP) is 1.58.